The average Bonchev–Trinajstić information content (AvgIpc) is 2.84. The van der Waals surface area contributed by atoms with Crippen LogP contribution in [0.5, 0.6) is 0 Å². The summed E-state index contributed by atoms with van der Waals surface area (Å²) < 4.78 is 0. The number of nitrogens with one attached hydrogen (secondary N) is 2. The maximum absolute atomic E-state index is 11.6. The van der Waals surface area contributed by atoms with Gasteiger partial charge in [-0.3, -0.25) is 9.89 Å². The number of amides is 1. The molecule has 0 unspecified atom stereocenters. The number of aromatic nitrogens is 3. The molecule has 2 aromatic rings. The molecule has 0 radical (unpaired) electrons. The van der Waals surface area contributed by atoms with Gasteiger partial charge in [-0.05, 0) is 24.3 Å². The molecule has 0 spiro atoms. The van der Waals surface area contributed by atoms with Crippen LogP contribution in [0, 0.1) is 0 Å². The third-order valence-corrected chi connectivity index (χ3v) is 3.22. The highest BCUT2D eigenvalue weighted by molar-refractivity contribution is 7.13. The average molecular weight is 234 g/mol. The molecule has 5 nitrogen and oxygen atoms in total. The number of carbonyl (C=O) groups excluding carboxylic acids is 1. The fourth-order valence-electron chi connectivity index (χ4n) is 1.36. The molecule has 2 heterocycles. The highest BCUT2D eigenvalue weighted by Gasteiger charge is 2.25. The first-order valence-electron chi connectivity index (χ1n) is 5.10. The zero-order valence-electron chi connectivity index (χ0n) is 8.43. The van der Waals surface area contributed by atoms with Crippen LogP contribution in [0.1, 0.15) is 23.5 Å². The number of hydrogen-bond donors (Lipinski definition) is 2. The lowest BCUT2D eigenvalue weighted by Gasteiger charge is -1.96. The minimum Gasteiger partial charge on any atom is -0.347 e. The van der Waals surface area contributed by atoms with E-state index in [1.807, 2.05) is 17.5 Å². The first kappa shape index (κ1) is 9.53. The molecule has 1 fully saturated rings. The molecule has 2 N–H and O–H groups in total. The summed E-state index contributed by atoms with van der Waals surface area (Å²) in [6, 6.07) is 4.19. The van der Waals surface area contributed by atoms with E-state index in [2.05, 4.69) is 20.5 Å². The lowest BCUT2D eigenvalue weighted by atomic mass is 10.4. The molecule has 0 saturated heterocycles. The largest absolute Gasteiger partial charge is 0.347 e. The number of rotatable bonds is 3. The van der Waals surface area contributed by atoms with Crippen LogP contribution in [-0.4, -0.2) is 27.1 Å². The Bertz CT molecular complexity index is 501. The zero-order valence-corrected chi connectivity index (χ0v) is 9.25. The monoisotopic (exact) mass is 234 g/mol. The van der Waals surface area contributed by atoms with Gasteiger partial charge in [0.2, 0.25) is 5.82 Å². The lowest BCUT2D eigenvalue weighted by Crippen LogP contribution is -2.26. The summed E-state index contributed by atoms with van der Waals surface area (Å²) in [7, 11) is 0. The third-order valence-electron chi connectivity index (χ3n) is 2.35. The van der Waals surface area contributed by atoms with Gasteiger partial charge >= 0.3 is 0 Å². The second kappa shape index (κ2) is 3.71. The van der Waals surface area contributed by atoms with Crippen LogP contribution < -0.4 is 5.32 Å². The van der Waals surface area contributed by atoms with Crippen molar-refractivity contribution in [2.45, 2.75) is 18.9 Å². The molecule has 1 saturated carbocycles. The molecule has 16 heavy (non-hydrogen) atoms. The van der Waals surface area contributed by atoms with E-state index in [1.165, 1.54) is 0 Å². The molecular formula is C10H10N4OS. The Morgan fingerprint density at radius 2 is 2.44 bits per heavy atom. The number of H-pyrrole nitrogens is 1. The molecule has 3 rings (SSSR count). The number of carbonyl (C=O) groups is 1. The summed E-state index contributed by atoms with van der Waals surface area (Å²) >= 11 is 1.55. The molecular weight excluding hydrogens is 224 g/mol. The quantitative estimate of drug-likeness (QED) is 0.843. The maximum Gasteiger partial charge on any atom is 0.288 e. The molecule has 0 aromatic carbocycles. The van der Waals surface area contributed by atoms with Gasteiger partial charge in [-0.1, -0.05) is 6.07 Å². The van der Waals surface area contributed by atoms with Crippen LogP contribution in [0.25, 0.3) is 10.7 Å². The van der Waals surface area contributed by atoms with Crippen LogP contribution in [-0.2, 0) is 0 Å². The van der Waals surface area contributed by atoms with Gasteiger partial charge in [0, 0.05) is 6.04 Å². The third kappa shape index (κ3) is 1.83. The molecule has 82 valence electrons. The van der Waals surface area contributed by atoms with Crippen LogP contribution in [0.15, 0.2) is 17.5 Å². The summed E-state index contributed by atoms with van der Waals surface area (Å²) in [4.78, 5) is 16.8. The summed E-state index contributed by atoms with van der Waals surface area (Å²) in [5, 5.41) is 11.5. The normalized spacial score (nSPS) is 15.0. The van der Waals surface area contributed by atoms with E-state index in [4.69, 9.17) is 0 Å². The van der Waals surface area contributed by atoms with Crippen molar-refractivity contribution in [2.24, 2.45) is 0 Å². The van der Waals surface area contributed by atoms with Gasteiger partial charge < -0.3 is 5.32 Å². The minimum atomic E-state index is -0.169. The van der Waals surface area contributed by atoms with Gasteiger partial charge in [0.25, 0.3) is 5.91 Å². The first-order chi connectivity index (χ1) is 7.83. The number of hydrogen-bond acceptors (Lipinski definition) is 4. The van der Waals surface area contributed by atoms with Crippen LogP contribution in [0.4, 0.5) is 0 Å². The van der Waals surface area contributed by atoms with Crippen molar-refractivity contribution in [3.8, 4) is 10.7 Å². The summed E-state index contributed by atoms with van der Waals surface area (Å²) in [5.41, 5.74) is 0. The molecule has 0 atom stereocenters. The van der Waals surface area contributed by atoms with Gasteiger partial charge in [-0.2, -0.15) is 5.10 Å². The minimum absolute atomic E-state index is 0.169. The summed E-state index contributed by atoms with van der Waals surface area (Å²) in [6.45, 7) is 0. The van der Waals surface area contributed by atoms with Gasteiger partial charge in [0.1, 0.15) is 0 Å². The Balaban J connectivity index is 1.79. The fourth-order valence-corrected chi connectivity index (χ4v) is 2.02. The van der Waals surface area contributed by atoms with Crippen molar-refractivity contribution in [3.63, 3.8) is 0 Å². The van der Waals surface area contributed by atoms with E-state index in [0.717, 1.165) is 17.7 Å². The van der Waals surface area contributed by atoms with Crippen molar-refractivity contribution >= 4 is 17.2 Å². The molecule has 0 aliphatic heterocycles. The highest BCUT2D eigenvalue weighted by Crippen LogP contribution is 2.21. The van der Waals surface area contributed by atoms with E-state index < -0.39 is 0 Å². The number of thiophene rings is 1. The van der Waals surface area contributed by atoms with Gasteiger partial charge in [0.05, 0.1) is 4.88 Å². The first-order valence-corrected chi connectivity index (χ1v) is 5.98. The summed E-state index contributed by atoms with van der Waals surface area (Å²) in [5.74, 6) is 0.698. The molecule has 1 amide bonds. The summed E-state index contributed by atoms with van der Waals surface area (Å²) in [6.07, 6.45) is 2.13. The zero-order chi connectivity index (χ0) is 11.0. The maximum atomic E-state index is 11.6. The number of aromatic amines is 1. The standard InChI is InChI=1S/C10H10N4OS/c15-10(11-6-3-4-6)9-12-8(13-14-9)7-2-1-5-16-7/h1-2,5-6H,3-4H2,(H,11,15)(H,12,13,14). The SMILES string of the molecule is O=C(NC1CC1)c1nc(-c2cccs2)n[nH]1. The van der Waals surface area contributed by atoms with Gasteiger partial charge in [-0.15, -0.1) is 11.3 Å². The molecule has 2 aromatic heterocycles. The topological polar surface area (TPSA) is 70.7 Å². The second-order valence-electron chi connectivity index (χ2n) is 3.73. The Kier molecular flexibility index (Phi) is 2.21. The Labute approximate surface area is 95.9 Å². The van der Waals surface area contributed by atoms with Crippen LogP contribution in [0.2, 0.25) is 0 Å². The predicted octanol–water partition coefficient (Wildman–Crippen LogP) is 1.43. The van der Waals surface area contributed by atoms with E-state index in [0.29, 0.717) is 11.9 Å². The van der Waals surface area contributed by atoms with E-state index >= 15 is 0 Å². The smallest absolute Gasteiger partial charge is 0.288 e. The fraction of sp³-hybridized carbons (Fsp3) is 0.300. The van der Waals surface area contributed by atoms with E-state index in [9.17, 15) is 4.79 Å². The van der Waals surface area contributed by atoms with Crippen molar-refractivity contribution in [2.75, 3.05) is 0 Å². The Morgan fingerprint density at radius 3 is 3.12 bits per heavy atom. The molecule has 0 bridgehead atoms. The van der Waals surface area contributed by atoms with Crippen LogP contribution in [0.3, 0.4) is 0 Å². The van der Waals surface area contributed by atoms with E-state index in [1.54, 1.807) is 11.3 Å². The lowest BCUT2D eigenvalue weighted by molar-refractivity contribution is 0.0941. The van der Waals surface area contributed by atoms with Crippen molar-refractivity contribution in [3.05, 3.63) is 23.3 Å². The predicted molar refractivity (Wildman–Crippen MR) is 60.2 cm³/mol. The van der Waals surface area contributed by atoms with Gasteiger partial charge in [0.15, 0.2) is 5.82 Å². The highest BCUT2D eigenvalue weighted by atomic mass is 32.1. The Morgan fingerprint density at radius 1 is 1.56 bits per heavy atom. The molecule has 1 aliphatic rings. The number of nitrogens with zero attached hydrogens (tertiary/aromatic N) is 2. The van der Waals surface area contributed by atoms with Crippen molar-refractivity contribution < 1.29 is 4.79 Å². The molecule has 1 aliphatic carbocycles. The van der Waals surface area contributed by atoms with Crippen LogP contribution >= 0.6 is 11.3 Å². The van der Waals surface area contributed by atoms with Gasteiger partial charge in [-0.25, -0.2) is 4.98 Å². The second-order valence-corrected chi connectivity index (χ2v) is 4.68. The van der Waals surface area contributed by atoms with E-state index in [-0.39, 0.29) is 11.7 Å². The van der Waals surface area contributed by atoms with Crippen molar-refractivity contribution in [1.82, 2.24) is 20.5 Å². The van der Waals surface area contributed by atoms with Crippen molar-refractivity contribution in [1.29, 1.82) is 0 Å². The molecule has 6 heteroatoms. The Hall–Kier alpha value is -1.69.